The molecular weight excluding hydrogens is 419 g/mol. The van der Waals surface area contributed by atoms with Gasteiger partial charge in [0.2, 0.25) is 0 Å². The van der Waals surface area contributed by atoms with Crippen molar-refractivity contribution in [3.8, 4) is 17.2 Å². The molecule has 1 aliphatic rings. The number of benzene rings is 1. The number of morpholine rings is 1. The highest BCUT2D eigenvalue weighted by molar-refractivity contribution is 7.19. The fraction of sp³-hybridized carbons (Fsp3) is 0.316. The van der Waals surface area contributed by atoms with Crippen molar-refractivity contribution in [1.82, 2.24) is 4.90 Å². The summed E-state index contributed by atoms with van der Waals surface area (Å²) in [6.45, 7) is 2.44. The lowest BCUT2D eigenvalue weighted by molar-refractivity contribution is 0.101. The zero-order valence-electron chi connectivity index (χ0n) is 15.4. The van der Waals surface area contributed by atoms with Crippen LogP contribution in [0.25, 0.3) is 11.1 Å². The molecule has 0 aliphatic carbocycles. The van der Waals surface area contributed by atoms with Crippen molar-refractivity contribution in [1.29, 1.82) is 5.26 Å². The minimum atomic E-state index is -0.421. The number of nitrogens with zero attached hydrogens (tertiary/aromatic N) is 4. The second kappa shape index (κ2) is 8.93. The minimum Gasteiger partial charge on any atom is -0.378 e. The lowest BCUT2D eigenvalue weighted by Crippen LogP contribution is -2.36. The van der Waals surface area contributed by atoms with Crippen molar-refractivity contribution in [2.75, 3.05) is 45.3 Å². The van der Waals surface area contributed by atoms with E-state index in [0.717, 1.165) is 5.00 Å². The van der Waals surface area contributed by atoms with Crippen molar-refractivity contribution >= 4 is 51.8 Å². The highest BCUT2D eigenvalue weighted by Crippen LogP contribution is 2.45. The summed E-state index contributed by atoms with van der Waals surface area (Å²) in [7, 11) is 3.56. The lowest BCUT2D eigenvalue weighted by Gasteiger charge is -2.27. The second-order valence-corrected chi connectivity index (χ2v) is 8.18. The van der Waals surface area contributed by atoms with Gasteiger partial charge in [-0.25, -0.2) is 0 Å². The highest BCUT2D eigenvalue weighted by atomic mass is 35.5. The number of halogens is 2. The maximum absolute atomic E-state index is 12.8. The Labute approximate surface area is 177 Å². The molecule has 9 heteroatoms. The lowest BCUT2D eigenvalue weighted by atomic mass is 10.0. The van der Waals surface area contributed by atoms with Crippen LogP contribution in [0, 0.1) is 11.3 Å². The Bertz CT molecular complexity index is 960. The van der Waals surface area contributed by atoms with E-state index in [0.29, 0.717) is 57.9 Å². The van der Waals surface area contributed by atoms with E-state index in [4.69, 9.17) is 27.9 Å². The first-order valence-electron chi connectivity index (χ1n) is 8.52. The molecule has 0 N–H and O–H groups in total. The van der Waals surface area contributed by atoms with Crippen LogP contribution in [0.15, 0.2) is 23.2 Å². The third kappa shape index (κ3) is 4.31. The number of rotatable bonds is 4. The number of aliphatic imine (C=N–C) groups is 1. The number of carbonyl (C=O) groups excluding carboxylic acids is 1. The van der Waals surface area contributed by atoms with Gasteiger partial charge in [-0.05, 0) is 12.1 Å². The predicted octanol–water partition coefficient (Wildman–Crippen LogP) is 4.16. The smallest absolute Gasteiger partial charge is 0.289 e. The summed E-state index contributed by atoms with van der Waals surface area (Å²) in [5, 5.41) is 11.5. The fourth-order valence-electron chi connectivity index (χ4n) is 2.84. The Morgan fingerprint density at radius 3 is 2.68 bits per heavy atom. The van der Waals surface area contributed by atoms with Gasteiger partial charge >= 0.3 is 0 Å². The van der Waals surface area contributed by atoms with Crippen LogP contribution in [0.1, 0.15) is 15.2 Å². The molecule has 28 heavy (non-hydrogen) atoms. The number of amides is 1. The maximum Gasteiger partial charge on any atom is 0.289 e. The number of hydrogen-bond donors (Lipinski definition) is 0. The molecule has 2 heterocycles. The zero-order chi connectivity index (χ0) is 20.3. The molecular formula is C19H18Cl2N4O2S. The second-order valence-electron chi connectivity index (χ2n) is 6.34. The van der Waals surface area contributed by atoms with Crippen LogP contribution in [0.5, 0.6) is 0 Å². The molecule has 146 valence electrons. The van der Waals surface area contributed by atoms with Crippen LogP contribution in [0.3, 0.4) is 0 Å². The van der Waals surface area contributed by atoms with E-state index in [-0.39, 0.29) is 0 Å². The van der Waals surface area contributed by atoms with E-state index in [9.17, 15) is 10.1 Å². The molecule has 0 radical (unpaired) electrons. The van der Waals surface area contributed by atoms with Crippen molar-refractivity contribution in [2.24, 2.45) is 4.99 Å². The van der Waals surface area contributed by atoms with E-state index < -0.39 is 5.91 Å². The molecule has 1 aromatic heterocycles. The number of anilines is 1. The molecule has 3 rings (SSSR count). The third-order valence-electron chi connectivity index (χ3n) is 4.10. The van der Waals surface area contributed by atoms with Crippen molar-refractivity contribution in [3.05, 3.63) is 38.7 Å². The van der Waals surface area contributed by atoms with E-state index in [2.05, 4.69) is 16.0 Å². The van der Waals surface area contributed by atoms with Crippen molar-refractivity contribution < 1.29 is 9.53 Å². The quantitative estimate of drug-likeness (QED) is 0.531. The summed E-state index contributed by atoms with van der Waals surface area (Å²) in [6.07, 6.45) is 1.44. The van der Waals surface area contributed by atoms with Gasteiger partial charge in [-0.1, -0.05) is 29.3 Å². The number of hydrogen-bond acceptors (Lipinski definition) is 5. The summed E-state index contributed by atoms with van der Waals surface area (Å²) in [5.41, 5.74) is 1.50. The van der Waals surface area contributed by atoms with Crippen LogP contribution >= 0.6 is 34.5 Å². The molecule has 0 unspecified atom stereocenters. The van der Waals surface area contributed by atoms with Gasteiger partial charge in [0.25, 0.3) is 5.91 Å². The summed E-state index contributed by atoms with van der Waals surface area (Å²) in [5.74, 6) is -0.421. The molecule has 0 atom stereocenters. The standard InChI is InChI=1S/C19H18Cl2N4O2S/c1-24(2)11-23-18(26)17-16(13-4-3-12(20)9-15(13)21)14(10-22)19(28-17)25-5-7-27-8-6-25/h3-4,9,11H,5-8H2,1-2H3. The summed E-state index contributed by atoms with van der Waals surface area (Å²) in [4.78, 5) is 21.0. The SMILES string of the molecule is CN(C)C=NC(=O)c1sc(N2CCOCC2)c(C#N)c1-c1ccc(Cl)cc1Cl. The highest BCUT2D eigenvalue weighted by Gasteiger charge is 2.28. The normalized spacial score (nSPS) is 14.3. The average molecular weight is 437 g/mol. The molecule has 0 saturated carbocycles. The minimum absolute atomic E-state index is 0.375. The van der Waals surface area contributed by atoms with Gasteiger partial charge in [-0.15, -0.1) is 11.3 Å². The molecule has 1 amide bonds. The molecule has 1 aliphatic heterocycles. The van der Waals surface area contributed by atoms with E-state index in [1.807, 2.05) is 0 Å². The molecule has 0 spiro atoms. The summed E-state index contributed by atoms with van der Waals surface area (Å²) < 4.78 is 5.41. The third-order valence-corrected chi connectivity index (χ3v) is 5.89. The Balaban J connectivity index is 2.20. The number of nitriles is 1. The Hall–Kier alpha value is -2.11. The molecule has 6 nitrogen and oxygen atoms in total. The Morgan fingerprint density at radius 1 is 1.36 bits per heavy atom. The Morgan fingerprint density at radius 2 is 2.07 bits per heavy atom. The number of ether oxygens (including phenoxy) is 1. The molecule has 1 aromatic carbocycles. The largest absolute Gasteiger partial charge is 0.378 e. The summed E-state index contributed by atoms with van der Waals surface area (Å²) in [6, 6.07) is 7.28. The maximum atomic E-state index is 12.8. The van der Waals surface area contributed by atoms with E-state index in [1.54, 1.807) is 37.2 Å². The van der Waals surface area contributed by atoms with E-state index in [1.165, 1.54) is 17.7 Å². The van der Waals surface area contributed by atoms with Gasteiger partial charge in [0.1, 0.15) is 15.9 Å². The van der Waals surface area contributed by atoms with Crippen LogP contribution in [-0.2, 0) is 4.74 Å². The van der Waals surface area contributed by atoms with Gasteiger partial charge in [-0.2, -0.15) is 10.3 Å². The van der Waals surface area contributed by atoms with E-state index >= 15 is 0 Å². The Kier molecular flexibility index (Phi) is 6.57. The zero-order valence-corrected chi connectivity index (χ0v) is 17.7. The van der Waals surface area contributed by atoms with Crippen LogP contribution in [-0.4, -0.2) is 57.5 Å². The molecule has 0 bridgehead atoms. The van der Waals surface area contributed by atoms with Crippen LogP contribution in [0.4, 0.5) is 5.00 Å². The van der Waals surface area contributed by atoms with Gasteiger partial charge in [0.15, 0.2) is 0 Å². The molecule has 1 saturated heterocycles. The van der Waals surface area contributed by atoms with Crippen LogP contribution < -0.4 is 4.90 Å². The first-order chi connectivity index (χ1) is 13.4. The summed E-state index contributed by atoms with van der Waals surface area (Å²) >= 11 is 13.7. The number of carbonyl (C=O) groups is 1. The van der Waals surface area contributed by atoms with Crippen molar-refractivity contribution in [3.63, 3.8) is 0 Å². The molecule has 1 fully saturated rings. The van der Waals surface area contributed by atoms with Gasteiger partial charge in [0, 0.05) is 48.4 Å². The first-order valence-corrected chi connectivity index (χ1v) is 10.1. The first kappa shape index (κ1) is 20.6. The molecule has 2 aromatic rings. The monoisotopic (exact) mass is 436 g/mol. The average Bonchev–Trinajstić information content (AvgIpc) is 3.06. The van der Waals surface area contributed by atoms with Gasteiger partial charge in [0.05, 0.1) is 25.1 Å². The van der Waals surface area contributed by atoms with Crippen LogP contribution in [0.2, 0.25) is 10.0 Å². The van der Waals surface area contributed by atoms with Gasteiger partial charge < -0.3 is 14.5 Å². The van der Waals surface area contributed by atoms with Gasteiger partial charge in [-0.3, -0.25) is 4.79 Å². The number of thiophene rings is 1. The predicted molar refractivity (Wildman–Crippen MR) is 114 cm³/mol. The fourth-order valence-corrected chi connectivity index (χ4v) is 4.55. The topological polar surface area (TPSA) is 68.9 Å². The van der Waals surface area contributed by atoms with Crippen molar-refractivity contribution in [2.45, 2.75) is 0 Å².